The summed E-state index contributed by atoms with van der Waals surface area (Å²) in [6, 6.07) is 4.49. The van der Waals surface area contributed by atoms with E-state index in [2.05, 4.69) is 6.58 Å². The van der Waals surface area contributed by atoms with Gasteiger partial charge in [-0.25, -0.2) is 0 Å². The monoisotopic (exact) mass is 278 g/mol. The minimum Gasteiger partial charge on any atom is -0.383 e. The Morgan fingerprint density at radius 1 is 1.55 bits per heavy atom. The maximum Gasteiger partial charge on any atom is 0.293 e. The molecule has 0 heterocycles. The number of methoxy groups -OCH3 is 1. The van der Waals surface area contributed by atoms with E-state index >= 15 is 0 Å². The maximum absolute atomic E-state index is 11.3. The number of rotatable bonds is 8. The van der Waals surface area contributed by atoms with Crippen LogP contribution in [0.4, 0.5) is 11.4 Å². The normalized spacial score (nSPS) is 10.1. The minimum absolute atomic E-state index is 0.0874. The van der Waals surface area contributed by atoms with Crippen molar-refractivity contribution in [3.63, 3.8) is 0 Å². The van der Waals surface area contributed by atoms with Gasteiger partial charge in [0.25, 0.3) is 5.69 Å². The zero-order chi connectivity index (χ0) is 15.1. The van der Waals surface area contributed by atoms with Crippen LogP contribution in [0.1, 0.15) is 17.3 Å². The third kappa shape index (κ3) is 3.89. The molecule has 20 heavy (non-hydrogen) atoms. The zero-order valence-electron chi connectivity index (χ0n) is 11.7. The summed E-state index contributed by atoms with van der Waals surface area (Å²) in [5.74, 6) is -0.202. The Kier molecular flexibility index (Phi) is 5.86. The second-order valence-electron chi connectivity index (χ2n) is 4.24. The van der Waals surface area contributed by atoms with E-state index in [9.17, 15) is 14.9 Å². The number of nitro benzene ring substituents is 1. The summed E-state index contributed by atoms with van der Waals surface area (Å²) in [5.41, 5.74) is 0.693. The van der Waals surface area contributed by atoms with E-state index in [1.54, 1.807) is 30.2 Å². The molecule has 0 fully saturated rings. The van der Waals surface area contributed by atoms with Crippen molar-refractivity contribution in [1.82, 2.24) is 0 Å². The number of nitrogens with zero attached hydrogens (tertiary/aromatic N) is 2. The first-order chi connectivity index (χ1) is 9.51. The van der Waals surface area contributed by atoms with Gasteiger partial charge in [0.05, 0.1) is 11.5 Å². The van der Waals surface area contributed by atoms with Gasteiger partial charge in [-0.2, -0.15) is 0 Å². The lowest BCUT2D eigenvalue weighted by Crippen LogP contribution is -2.28. The molecule has 0 unspecified atom stereocenters. The van der Waals surface area contributed by atoms with Gasteiger partial charge < -0.3 is 9.64 Å². The maximum atomic E-state index is 11.3. The first-order valence-electron chi connectivity index (χ1n) is 6.15. The van der Waals surface area contributed by atoms with Gasteiger partial charge in [0.2, 0.25) is 0 Å². The highest BCUT2D eigenvalue weighted by Gasteiger charge is 2.20. The Bertz CT molecular complexity index is 514. The molecular weight excluding hydrogens is 260 g/mol. The molecular formula is C14H18N2O4. The van der Waals surface area contributed by atoms with Gasteiger partial charge in [-0.3, -0.25) is 14.9 Å². The van der Waals surface area contributed by atoms with Crippen molar-refractivity contribution in [3.05, 3.63) is 46.5 Å². The van der Waals surface area contributed by atoms with E-state index in [1.165, 1.54) is 13.0 Å². The van der Waals surface area contributed by atoms with Gasteiger partial charge in [0.1, 0.15) is 5.69 Å². The van der Waals surface area contributed by atoms with Gasteiger partial charge in [0.15, 0.2) is 5.78 Å². The molecule has 0 saturated heterocycles. The van der Waals surface area contributed by atoms with Gasteiger partial charge >= 0.3 is 0 Å². The standard InChI is InChI=1S/C14H18N2O4/c1-4-7-15(8-9-20-3)13-6-5-12(11(2)17)10-14(13)16(18)19/h4-6,10H,1,7-9H2,2-3H3. The summed E-state index contributed by atoms with van der Waals surface area (Å²) in [6.45, 7) is 6.44. The van der Waals surface area contributed by atoms with Crippen LogP contribution in [0.5, 0.6) is 0 Å². The lowest BCUT2D eigenvalue weighted by atomic mass is 10.1. The molecule has 0 amide bonds. The molecule has 6 nitrogen and oxygen atoms in total. The lowest BCUT2D eigenvalue weighted by molar-refractivity contribution is -0.384. The number of ketones is 1. The summed E-state index contributed by atoms with van der Waals surface area (Å²) >= 11 is 0. The van der Waals surface area contributed by atoms with Crippen LogP contribution in [-0.2, 0) is 4.74 Å². The molecule has 108 valence electrons. The first kappa shape index (κ1) is 15.8. The first-order valence-corrected chi connectivity index (χ1v) is 6.15. The highest BCUT2D eigenvalue weighted by atomic mass is 16.6. The largest absolute Gasteiger partial charge is 0.383 e. The molecule has 6 heteroatoms. The van der Waals surface area contributed by atoms with Crippen molar-refractivity contribution in [3.8, 4) is 0 Å². The number of Topliss-reactive ketones (excluding diaryl/α,β-unsaturated/α-hetero) is 1. The van der Waals surface area contributed by atoms with Crippen LogP contribution in [0.3, 0.4) is 0 Å². The number of nitro groups is 1. The van der Waals surface area contributed by atoms with E-state index in [0.717, 1.165) is 0 Å². The SMILES string of the molecule is C=CCN(CCOC)c1ccc(C(C)=O)cc1[N+](=O)[O-]. The van der Waals surface area contributed by atoms with E-state index in [4.69, 9.17) is 4.74 Å². The number of hydrogen-bond donors (Lipinski definition) is 0. The molecule has 0 saturated carbocycles. The van der Waals surface area contributed by atoms with E-state index in [1.807, 2.05) is 0 Å². The smallest absolute Gasteiger partial charge is 0.293 e. The fourth-order valence-corrected chi connectivity index (χ4v) is 1.82. The summed E-state index contributed by atoms with van der Waals surface area (Å²) in [4.78, 5) is 23.8. The van der Waals surface area contributed by atoms with E-state index in [0.29, 0.717) is 30.9 Å². The molecule has 1 rings (SSSR count). The van der Waals surface area contributed by atoms with Gasteiger partial charge in [-0.05, 0) is 19.1 Å². The molecule has 0 bridgehead atoms. The van der Waals surface area contributed by atoms with Crippen LogP contribution in [0, 0.1) is 10.1 Å². The topological polar surface area (TPSA) is 72.7 Å². The average molecular weight is 278 g/mol. The van der Waals surface area contributed by atoms with Gasteiger partial charge in [-0.1, -0.05) is 6.08 Å². The summed E-state index contributed by atoms with van der Waals surface area (Å²) < 4.78 is 5.00. The van der Waals surface area contributed by atoms with Crippen molar-refractivity contribution in [2.45, 2.75) is 6.92 Å². The lowest BCUT2D eigenvalue weighted by Gasteiger charge is -2.22. The number of hydrogen-bond acceptors (Lipinski definition) is 5. The summed E-state index contributed by atoms with van der Waals surface area (Å²) in [7, 11) is 1.57. The molecule has 0 aliphatic rings. The van der Waals surface area contributed by atoms with Gasteiger partial charge in [-0.15, -0.1) is 6.58 Å². The molecule has 0 N–H and O–H groups in total. The number of carbonyl (C=O) groups is 1. The molecule has 0 aliphatic heterocycles. The van der Waals surface area contributed by atoms with Crippen molar-refractivity contribution >= 4 is 17.2 Å². The summed E-state index contributed by atoms with van der Waals surface area (Å²) in [6.07, 6.45) is 1.66. The number of anilines is 1. The number of ether oxygens (including phenoxy) is 1. The Balaban J connectivity index is 3.21. The molecule has 1 aromatic rings. The fraction of sp³-hybridized carbons (Fsp3) is 0.357. The third-order valence-corrected chi connectivity index (χ3v) is 2.83. The molecule has 0 radical (unpaired) electrons. The molecule has 0 spiro atoms. The van der Waals surface area contributed by atoms with Crippen LogP contribution in [0.15, 0.2) is 30.9 Å². The Morgan fingerprint density at radius 2 is 2.25 bits per heavy atom. The average Bonchev–Trinajstić information content (AvgIpc) is 2.42. The summed E-state index contributed by atoms with van der Waals surface area (Å²) in [5, 5.41) is 11.2. The Labute approximate surface area is 117 Å². The van der Waals surface area contributed by atoms with Crippen LogP contribution < -0.4 is 4.90 Å². The van der Waals surface area contributed by atoms with Crippen LogP contribution in [0.25, 0.3) is 0 Å². The zero-order valence-corrected chi connectivity index (χ0v) is 11.7. The Hall–Kier alpha value is -2.21. The second-order valence-corrected chi connectivity index (χ2v) is 4.24. The molecule has 0 aliphatic carbocycles. The van der Waals surface area contributed by atoms with Crippen LogP contribution in [-0.4, -0.2) is 37.5 Å². The molecule has 0 aromatic heterocycles. The Morgan fingerprint density at radius 3 is 2.75 bits per heavy atom. The fourth-order valence-electron chi connectivity index (χ4n) is 1.82. The third-order valence-electron chi connectivity index (χ3n) is 2.83. The quantitative estimate of drug-likeness (QED) is 0.316. The number of carbonyl (C=O) groups excluding carboxylic acids is 1. The number of benzene rings is 1. The van der Waals surface area contributed by atoms with Crippen molar-refractivity contribution in [2.75, 3.05) is 31.7 Å². The molecule has 0 atom stereocenters. The second kappa shape index (κ2) is 7.40. The highest BCUT2D eigenvalue weighted by molar-refractivity contribution is 5.95. The van der Waals surface area contributed by atoms with Crippen LogP contribution >= 0.6 is 0 Å². The van der Waals surface area contributed by atoms with Crippen molar-refractivity contribution < 1.29 is 14.5 Å². The van der Waals surface area contributed by atoms with Gasteiger partial charge in [0, 0.05) is 31.8 Å². The predicted molar refractivity (Wildman–Crippen MR) is 77.4 cm³/mol. The predicted octanol–water partition coefficient (Wildman–Crippen LogP) is 2.44. The van der Waals surface area contributed by atoms with E-state index < -0.39 is 4.92 Å². The van der Waals surface area contributed by atoms with Crippen LogP contribution in [0.2, 0.25) is 0 Å². The van der Waals surface area contributed by atoms with E-state index in [-0.39, 0.29) is 11.5 Å². The highest BCUT2D eigenvalue weighted by Crippen LogP contribution is 2.29. The molecule has 1 aromatic carbocycles. The van der Waals surface area contributed by atoms with Crippen molar-refractivity contribution in [1.29, 1.82) is 0 Å². The van der Waals surface area contributed by atoms with Crippen molar-refractivity contribution in [2.24, 2.45) is 0 Å². The minimum atomic E-state index is -0.481.